The van der Waals surface area contributed by atoms with Crippen molar-refractivity contribution in [1.82, 2.24) is 15.2 Å². The first-order valence-corrected chi connectivity index (χ1v) is 7.71. The molecule has 0 spiro atoms. The van der Waals surface area contributed by atoms with E-state index in [4.69, 9.17) is 16.0 Å². The summed E-state index contributed by atoms with van der Waals surface area (Å²) >= 11 is 5.79. The molecule has 124 valence electrons. The van der Waals surface area contributed by atoms with Crippen molar-refractivity contribution in [2.75, 3.05) is 13.1 Å². The van der Waals surface area contributed by atoms with Gasteiger partial charge in [-0.15, -0.1) is 0 Å². The molecule has 8 heteroatoms. The molecule has 1 N–H and O–H groups in total. The maximum absolute atomic E-state index is 11.5. The highest BCUT2D eigenvalue weighted by molar-refractivity contribution is 6.29. The smallest absolute Gasteiger partial charge is 0.309 e. The highest BCUT2D eigenvalue weighted by Crippen LogP contribution is 2.19. The fourth-order valence-corrected chi connectivity index (χ4v) is 2.55. The van der Waals surface area contributed by atoms with E-state index < -0.39 is 4.92 Å². The lowest BCUT2D eigenvalue weighted by molar-refractivity contribution is -0.421. The van der Waals surface area contributed by atoms with Gasteiger partial charge in [0.05, 0.1) is 11.2 Å². The number of furan rings is 1. The van der Waals surface area contributed by atoms with Crippen molar-refractivity contribution in [2.45, 2.75) is 6.54 Å². The van der Waals surface area contributed by atoms with Gasteiger partial charge >= 0.3 is 5.70 Å². The number of allylic oxidation sites excluding steroid dienone is 1. The molecule has 0 saturated carbocycles. The summed E-state index contributed by atoms with van der Waals surface area (Å²) in [5.41, 5.74) is 0.920. The molecule has 1 saturated heterocycles. The van der Waals surface area contributed by atoms with Crippen molar-refractivity contribution in [3.8, 4) is 0 Å². The number of rotatable bonds is 5. The number of nitrogens with one attached hydrogen (secondary N) is 1. The molecular weight excluding hydrogens is 332 g/mol. The van der Waals surface area contributed by atoms with Crippen LogP contribution >= 0.6 is 11.6 Å². The van der Waals surface area contributed by atoms with Crippen LogP contribution in [-0.2, 0) is 6.54 Å². The second-order valence-corrected chi connectivity index (χ2v) is 5.56. The zero-order valence-corrected chi connectivity index (χ0v) is 13.4. The van der Waals surface area contributed by atoms with Crippen LogP contribution in [0.15, 0.2) is 58.7 Å². The lowest BCUT2D eigenvalue weighted by Gasteiger charge is -2.18. The zero-order chi connectivity index (χ0) is 16.9. The Hall–Kier alpha value is -2.80. The summed E-state index contributed by atoms with van der Waals surface area (Å²) < 4.78 is 5.17. The Balaban J connectivity index is 1.85. The average molecular weight is 347 g/mol. The molecule has 2 aromatic heterocycles. The predicted octanol–water partition coefficient (Wildman–Crippen LogP) is 2.89. The van der Waals surface area contributed by atoms with Gasteiger partial charge in [0, 0.05) is 31.9 Å². The van der Waals surface area contributed by atoms with Gasteiger partial charge in [-0.1, -0.05) is 17.7 Å². The van der Waals surface area contributed by atoms with E-state index in [0.717, 1.165) is 5.56 Å². The molecule has 1 aliphatic rings. The standard InChI is InChI=1S/C16H15ClN4O3/c17-15-6-3-12(10-19-15)11-20-8-7-18-16(20)14(21(22)23)5-4-13-2-1-9-24-13/h1-6,9-10,18H,7-8,11H2/b5-4+,16-14+. The second-order valence-electron chi connectivity index (χ2n) is 5.18. The van der Waals surface area contributed by atoms with Gasteiger partial charge in [0.1, 0.15) is 10.9 Å². The Morgan fingerprint density at radius 3 is 3.04 bits per heavy atom. The summed E-state index contributed by atoms with van der Waals surface area (Å²) in [5, 5.41) is 15.0. The van der Waals surface area contributed by atoms with Gasteiger partial charge in [0.25, 0.3) is 0 Å². The quantitative estimate of drug-likeness (QED) is 0.509. The van der Waals surface area contributed by atoms with Crippen LogP contribution < -0.4 is 5.32 Å². The van der Waals surface area contributed by atoms with Crippen LogP contribution in [0.25, 0.3) is 6.08 Å². The molecule has 3 heterocycles. The molecule has 0 unspecified atom stereocenters. The molecule has 1 aliphatic heterocycles. The molecule has 2 aromatic rings. The SMILES string of the molecule is O=[N+]([O-])C(/C=C/c1ccco1)=C1\NCCN1Cc1ccc(Cl)nc1. The largest absolute Gasteiger partial charge is 0.465 e. The molecule has 0 atom stereocenters. The third-order valence-corrected chi connectivity index (χ3v) is 3.76. The normalized spacial score (nSPS) is 16.5. The molecule has 0 aliphatic carbocycles. The highest BCUT2D eigenvalue weighted by atomic mass is 35.5. The number of pyridine rings is 1. The lowest BCUT2D eigenvalue weighted by atomic mass is 10.2. The minimum Gasteiger partial charge on any atom is -0.465 e. The zero-order valence-electron chi connectivity index (χ0n) is 12.7. The average Bonchev–Trinajstić information content (AvgIpc) is 3.22. The summed E-state index contributed by atoms with van der Waals surface area (Å²) in [5.74, 6) is 1.04. The summed E-state index contributed by atoms with van der Waals surface area (Å²) in [6.07, 6.45) is 6.21. The topological polar surface area (TPSA) is 84.4 Å². The van der Waals surface area contributed by atoms with Crippen LogP contribution in [0.1, 0.15) is 11.3 Å². The molecule has 7 nitrogen and oxygen atoms in total. The minimum atomic E-state index is -0.403. The van der Waals surface area contributed by atoms with Crippen molar-refractivity contribution in [2.24, 2.45) is 0 Å². The van der Waals surface area contributed by atoms with E-state index in [0.29, 0.717) is 36.4 Å². The molecule has 0 bridgehead atoms. The predicted molar refractivity (Wildman–Crippen MR) is 89.4 cm³/mol. The maximum Gasteiger partial charge on any atom is 0.309 e. The van der Waals surface area contributed by atoms with E-state index in [1.54, 1.807) is 30.5 Å². The molecule has 3 rings (SSSR count). The fourth-order valence-electron chi connectivity index (χ4n) is 2.44. The van der Waals surface area contributed by atoms with Gasteiger partial charge in [-0.25, -0.2) is 4.98 Å². The van der Waals surface area contributed by atoms with Crippen LogP contribution in [0.2, 0.25) is 5.15 Å². The second kappa shape index (κ2) is 7.18. The van der Waals surface area contributed by atoms with Gasteiger partial charge in [-0.05, 0) is 29.8 Å². The monoisotopic (exact) mass is 346 g/mol. The molecular formula is C16H15ClN4O3. The molecule has 24 heavy (non-hydrogen) atoms. The number of halogens is 1. The Kier molecular flexibility index (Phi) is 4.81. The van der Waals surface area contributed by atoms with Crippen LogP contribution in [0.4, 0.5) is 0 Å². The summed E-state index contributed by atoms with van der Waals surface area (Å²) in [6.45, 7) is 1.82. The summed E-state index contributed by atoms with van der Waals surface area (Å²) in [7, 11) is 0. The number of nitro groups is 1. The summed E-state index contributed by atoms with van der Waals surface area (Å²) in [4.78, 5) is 17.0. The number of hydrogen-bond acceptors (Lipinski definition) is 6. The first-order valence-electron chi connectivity index (χ1n) is 7.33. The van der Waals surface area contributed by atoms with Gasteiger partial charge < -0.3 is 14.6 Å². The third-order valence-electron chi connectivity index (χ3n) is 3.54. The van der Waals surface area contributed by atoms with E-state index in [1.165, 1.54) is 12.3 Å². The van der Waals surface area contributed by atoms with E-state index >= 15 is 0 Å². The maximum atomic E-state index is 11.5. The highest BCUT2D eigenvalue weighted by Gasteiger charge is 2.26. The van der Waals surface area contributed by atoms with Gasteiger partial charge in [-0.3, -0.25) is 10.1 Å². The number of hydrogen-bond donors (Lipinski definition) is 1. The minimum absolute atomic E-state index is 0.00850. The lowest BCUT2D eigenvalue weighted by Crippen LogP contribution is -2.23. The van der Waals surface area contributed by atoms with E-state index in [9.17, 15) is 10.1 Å². The van der Waals surface area contributed by atoms with Crippen molar-refractivity contribution in [1.29, 1.82) is 0 Å². The van der Waals surface area contributed by atoms with Crippen LogP contribution in [0.5, 0.6) is 0 Å². The number of nitrogens with zero attached hydrogens (tertiary/aromatic N) is 3. The Labute approximate surface area is 143 Å². The van der Waals surface area contributed by atoms with Gasteiger partial charge in [0.15, 0.2) is 5.82 Å². The Morgan fingerprint density at radius 1 is 1.50 bits per heavy atom. The van der Waals surface area contributed by atoms with Crippen LogP contribution in [0.3, 0.4) is 0 Å². The van der Waals surface area contributed by atoms with Gasteiger partial charge in [0.2, 0.25) is 0 Å². The fraction of sp³-hybridized carbons (Fsp3) is 0.188. The van der Waals surface area contributed by atoms with E-state index in [1.807, 2.05) is 11.0 Å². The van der Waals surface area contributed by atoms with Crippen molar-refractivity contribution in [3.63, 3.8) is 0 Å². The number of aromatic nitrogens is 1. The Bertz CT molecular complexity index is 769. The third kappa shape index (κ3) is 3.75. The molecule has 0 amide bonds. The van der Waals surface area contributed by atoms with Crippen molar-refractivity contribution < 1.29 is 9.34 Å². The summed E-state index contributed by atoms with van der Waals surface area (Å²) in [6, 6.07) is 7.02. The van der Waals surface area contributed by atoms with Crippen LogP contribution in [0, 0.1) is 10.1 Å². The Morgan fingerprint density at radius 2 is 2.38 bits per heavy atom. The van der Waals surface area contributed by atoms with E-state index in [2.05, 4.69) is 10.3 Å². The first-order chi connectivity index (χ1) is 11.6. The molecule has 1 fully saturated rings. The molecule has 0 aromatic carbocycles. The first kappa shape index (κ1) is 16.1. The van der Waals surface area contributed by atoms with E-state index in [-0.39, 0.29) is 5.70 Å². The van der Waals surface area contributed by atoms with Crippen molar-refractivity contribution >= 4 is 17.7 Å². The van der Waals surface area contributed by atoms with Crippen molar-refractivity contribution in [3.05, 3.63) is 80.9 Å². The molecule has 0 radical (unpaired) electrons. The van der Waals surface area contributed by atoms with Gasteiger partial charge in [-0.2, -0.15) is 0 Å². The van der Waals surface area contributed by atoms with Crippen LogP contribution in [-0.4, -0.2) is 27.9 Å².